The third-order valence-corrected chi connectivity index (χ3v) is 4.53. The molecule has 1 unspecified atom stereocenters. The molecule has 2 nitrogen and oxygen atoms in total. The first-order valence-corrected chi connectivity index (χ1v) is 7.03. The van der Waals surface area contributed by atoms with Gasteiger partial charge in [0.05, 0.1) is 0 Å². The summed E-state index contributed by atoms with van der Waals surface area (Å²) in [6.45, 7) is 2.49. The van der Waals surface area contributed by atoms with Crippen LogP contribution in [0.2, 0.25) is 0 Å². The zero-order chi connectivity index (χ0) is 9.80. The second kappa shape index (κ2) is 5.38. The summed E-state index contributed by atoms with van der Waals surface area (Å²) in [6, 6.07) is 1.63. The van der Waals surface area contributed by atoms with E-state index in [-0.39, 0.29) is 0 Å². The first-order chi connectivity index (χ1) is 6.86. The molecule has 0 aromatic rings. The quantitative estimate of drug-likeness (QED) is 0.768. The van der Waals surface area contributed by atoms with Crippen LogP contribution in [0.15, 0.2) is 0 Å². The van der Waals surface area contributed by atoms with Gasteiger partial charge in [-0.05, 0) is 50.8 Å². The molecule has 14 heavy (non-hydrogen) atoms. The van der Waals surface area contributed by atoms with Gasteiger partial charge in [-0.1, -0.05) is 0 Å². The zero-order valence-corrected chi connectivity index (χ0v) is 9.98. The summed E-state index contributed by atoms with van der Waals surface area (Å²) in [5, 5.41) is 3.58. The van der Waals surface area contributed by atoms with Crippen molar-refractivity contribution in [3.63, 3.8) is 0 Å². The van der Waals surface area contributed by atoms with Gasteiger partial charge in [-0.15, -0.1) is 0 Å². The maximum absolute atomic E-state index is 3.58. The van der Waals surface area contributed by atoms with E-state index in [0.29, 0.717) is 0 Å². The Labute approximate surface area is 91.8 Å². The normalized spacial score (nSPS) is 30.0. The van der Waals surface area contributed by atoms with E-state index in [0.717, 1.165) is 12.1 Å². The SMILES string of the molecule is CN(CC1CCCN1)C1CCSCC1. The van der Waals surface area contributed by atoms with E-state index < -0.39 is 0 Å². The highest BCUT2D eigenvalue weighted by molar-refractivity contribution is 7.99. The Morgan fingerprint density at radius 1 is 1.29 bits per heavy atom. The average molecular weight is 214 g/mol. The second-order valence-corrected chi connectivity index (χ2v) is 5.80. The summed E-state index contributed by atoms with van der Waals surface area (Å²) >= 11 is 2.12. The average Bonchev–Trinajstić information content (AvgIpc) is 2.72. The van der Waals surface area contributed by atoms with Gasteiger partial charge in [0.15, 0.2) is 0 Å². The number of nitrogens with zero attached hydrogens (tertiary/aromatic N) is 1. The number of nitrogens with one attached hydrogen (secondary N) is 1. The lowest BCUT2D eigenvalue weighted by Gasteiger charge is -2.32. The Bertz CT molecular complexity index is 163. The van der Waals surface area contributed by atoms with E-state index in [1.54, 1.807) is 0 Å². The molecule has 2 rings (SSSR count). The molecule has 2 saturated heterocycles. The summed E-state index contributed by atoms with van der Waals surface area (Å²) in [5.74, 6) is 2.74. The molecule has 1 N–H and O–H groups in total. The standard InChI is InChI=1S/C11H22N2S/c1-13(9-10-3-2-6-12-10)11-4-7-14-8-5-11/h10-12H,2-9H2,1H3. The van der Waals surface area contributed by atoms with Crippen molar-refractivity contribution in [2.24, 2.45) is 0 Å². The van der Waals surface area contributed by atoms with Crippen molar-refractivity contribution in [2.75, 3.05) is 31.6 Å². The molecule has 2 fully saturated rings. The number of hydrogen-bond acceptors (Lipinski definition) is 3. The third kappa shape index (κ3) is 2.88. The molecule has 0 radical (unpaired) electrons. The summed E-state index contributed by atoms with van der Waals surface area (Å²) in [4.78, 5) is 2.59. The minimum absolute atomic E-state index is 0.773. The molecule has 1 atom stereocenters. The highest BCUT2D eigenvalue weighted by Gasteiger charge is 2.22. The summed E-state index contributed by atoms with van der Waals surface area (Å²) in [5.41, 5.74) is 0. The van der Waals surface area contributed by atoms with Gasteiger partial charge in [0, 0.05) is 18.6 Å². The van der Waals surface area contributed by atoms with Crippen molar-refractivity contribution in [1.82, 2.24) is 10.2 Å². The van der Waals surface area contributed by atoms with Gasteiger partial charge < -0.3 is 10.2 Å². The van der Waals surface area contributed by atoms with Crippen molar-refractivity contribution in [3.8, 4) is 0 Å². The molecule has 0 aromatic heterocycles. The van der Waals surface area contributed by atoms with Crippen LogP contribution >= 0.6 is 11.8 Å². The van der Waals surface area contributed by atoms with Crippen LogP contribution < -0.4 is 5.32 Å². The van der Waals surface area contributed by atoms with E-state index in [9.17, 15) is 0 Å². The molecule has 0 saturated carbocycles. The van der Waals surface area contributed by atoms with Crippen molar-refractivity contribution >= 4 is 11.8 Å². The second-order valence-electron chi connectivity index (χ2n) is 4.58. The Kier molecular flexibility index (Phi) is 4.14. The predicted octanol–water partition coefficient (Wildman–Crippen LogP) is 1.57. The minimum Gasteiger partial charge on any atom is -0.313 e. The molecular formula is C11H22N2S. The fourth-order valence-electron chi connectivity index (χ4n) is 2.54. The molecule has 0 aliphatic carbocycles. The number of hydrogen-bond donors (Lipinski definition) is 1. The summed E-state index contributed by atoms with van der Waals surface area (Å²) in [7, 11) is 2.31. The largest absolute Gasteiger partial charge is 0.313 e. The third-order valence-electron chi connectivity index (χ3n) is 3.48. The van der Waals surface area contributed by atoms with Gasteiger partial charge in [0.25, 0.3) is 0 Å². The monoisotopic (exact) mass is 214 g/mol. The maximum Gasteiger partial charge on any atom is 0.0195 e. The molecular weight excluding hydrogens is 192 g/mol. The first-order valence-electron chi connectivity index (χ1n) is 5.87. The van der Waals surface area contributed by atoms with Crippen LogP contribution in [-0.2, 0) is 0 Å². The number of likely N-dealkylation sites (N-methyl/N-ethyl adjacent to an activating group) is 1. The molecule has 0 aromatic carbocycles. The van der Waals surface area contributed by atoms with Crippen LogP contribution in [0.3, 0.4) is 0 Å². The number of rotatable bonds is 3. The molecule has 2 aliphatic heterocycles. The highest BCUT2D eigenvalue weighted by Crippen LogP contribution is 2.21. The Hall–Kier alpha value is 0.270. The topological polar surface area (TPSA) is 15.3 Å². The van der Waals surface area contributed by atoms with Crippen molar-refractivity contribution in [3.05, 3.63) is 0 Å². The molecule has 82 valence electrons. The summed E-state index contributed by atoms with van der Waals surface area (Å²) < 4.78 is 0. The van der Waals surface area contributed by atoms with E-state index >= 15 is 0 Å². The molecule has 0 bridgehead atoms. The van der Waals surface area contributed by atoms with Crippen molar-refractivity contribution < 1.29 is 0 Å². The first kappa shape index (κ1) is 10.8. The minimum atomic E-state index is 0.773. The molecule has 2 heterocycles. The molecule has 2 aliphatic rings. The van der Waals surface area contributed by atoms with Gasteiger partial charge in [-0.3, -0.25) is 0 Å². The van der Waals surface area contributed by atoms with Crippen LogP contribution in [0, 0.1) is 0 Å². The lowest BCUT2D eigenvalue weighted by molar-refractivity contribution is 0.211. The van der Waals surface area contributed by atoms with E-state index in [2.05, 4.69) is 29.0 Å². The lowest BCUT2D eigenvalue weighted by Crippen LogP contribution is -2.42. The molecule has 0 amide bonds. The van der Waals surface area contributed by atoms with E-state index in [4.69, 9.17) is 0 Å². The van der Waals surface area contributed by atoms with Crippen molar-refractivity contribution in [2.45, 2.75) is 37.8 Å². The summed E-state index contributed by atoms with van der Waals surface area (Å²) in [6.07, 6.45) is 5.55. The van der Waals surface area contributed by atoms with Gasteiger partial charge in [-0.25, -0.2) is 0 Å². The number of thioether (sulfide) groups is 1. The van der Waals surface area contributed by atoms with Crippen molar-refractivity contribution in [1.29, 1.82) is 0 Å². The molecule has 0 spiro atoms. The smallest absolute Gasteiger partial charge is 0.0195 e. The van der Waals surface area contributed by atoms with Gasteiger partial charge >= 0.3 is 0 Å². The predicted molar refractivity (Wildman–Crippen MR) is 64.0 cm³/mol. The van der Waals surface area contributed by atoms with Crippen LogP contribution in [0.4, 0.5) is 0 Å². The van der Waals surface area contributed by atoms with E-state index in [1.807, 2.05) is 0 Å². The van der Waals surface area contributed by atoms with Crippen LogP contribution in [0.25, 0.3) is 0 Å². The fraction of sp³-hybridized carbons (Fsp3) is 1.00. The van der Waals surface area contributed by atoms with Crippen LogP contribution in [0.5, 0.6) is 0 Å². The van der Waals surface area contributed by atoms with Crippen LogP contribution in [0.1, 0.15) is 25.7 Å². The van der Waals surface area contributed by atoms with Crippen LogP contribution in [-0.4, -0.2) is 48.6 Å². The lowest BCUT2D eigenvalue weighted by atomic mass is 10.1. The van der Waals surface area contributed by atoms with Gasteiger partial charge in [-0.2, -0.15) is 11.8 Å². The Balaban J connectivity index is 1.72. The maximum atomic E-state index is 3.58. The Morgan fingerprint density at radius 2 is 2.07 bits per heavy atom. The highest BCUT2D eigenvalue weighted by atomic mass is 32.2. The molecule has 3 heteroatoms. The zero-order valence-electron chi connectivity index (χ0n) is 9.17. The fourth-order valence-corrected chi connectivity index (χ4v) is 3.62. The van der Waals surface area contributed by atoms with E-state index in [1.165, 1.54) is 50.3 Å². The van der Waals surface area contributed by atoms with Gasteiger partial charge in [0.1, 0.15) is 0 Å². The van der Waals surface area contributed by atoms with Gasteiger partial charge in [0.2, 0.25) is 0 Å². The Morgan fingerprint density at radius 3 is 2.71 bits per heavy atom.